The lowest BCUT2D eigenvalue weighted by atomic mass is 10.1. The Bertz CT molecular complexity index is 407. The Morgan fingerprint density at radius 2 is 2.11 bits per heavy atom. The van der Waals surface area contributed by atoms with Crippen LogP contribution in [-0.2, 0) is 6.54 Å². The van der Waals surface area contributed by atoms with Crippen LogP contribution in [0.1, 0.15) is 31.4 Å². The molecule has 0 aliphatic heterocycles. The van der Waals surface area contributed by atoms with Crippen molar-refractivity contribution in [2.45, 2.75) is 26.8 Å². The number of nitrogens with zero attached hydrogens (tertiary/aromatic N) is 1. The lowest BCUT2D eigenvalue weighted by Gasteiger charge is -2.20. The van der Waals surface area contributed by atoms with E-state index in [-0.39, 0.29) is 0 Å². The quantitative estimate of drug-likeness (QED) is 0.770. The molecule has 1 rings (SSSR count). The molecule has 18 heavy (non-hydrogen) atoms. The minimum atomic E-state index is 0.374. The molecule has 0 unspecified atom stereocenters. The molecule has 100 valence electrons. The minimum Gasteiger partial charge on any atom is -0.496 e. The predicted molar refractivity (Wildman–Crippen MR) is 80.1 cm³/mol. The van der Waals surface area contributed by atoms with Crippen LogP contribution in [0.3, 0.4) is 0 Å². The number of nitrogens with two attached hydrogens (primary N) is 1. The summed E-state index contributed by atoms with van der Waals surface area (Å²) >= 11 is 5.00. The first-order chi connectivity index (χ1) is 8.62. The van der Waals surface area contributed by atoms with Crippen molar-refractivity contribution in [1.29, 1.82) is 0 Å². The fraction of sp³-hybridized carbons (Fsp3) is 0.500. The van der Waals surface area contributed by atoms with Gasteiger partial charge in [0.25, 0.3) is 0 Å². The van der Waals surface area contributed by atoms with Crippen LogP contribution in [-0.4, -0.2) is 30.1 Å². The Morgan fingerprint density at radius 3 is 2.61 bits per heavy atom. The summed E-state index contributed by atoms with van der Waals surface area (Å²) in [5.41, 5.74) is 7.68. The first-order valence-electron chi connectivity index (χ1n) is 6.31. The molecule has 1 aromatic rings. The number of hydrogen-bond acceptors (Lipinski definition) is 3. The molecule has 0 saturated carbocycles. The Morgan fingerprint density at radius 1 is 1.39 bits per heavy atom. The van der Waals surface area contributed by atoms with Gasteiger partial charge >= 0.3 is 0 Å². The molecule has 0 spiro atoms. The van der Waals surface area contributed by atoms with Crippen LogP contribution in [0.2, 0.25) is 0 Å². The summed E-state index contributed by atoms with van der Waals surface area (Å²) in [6, 6.07) is 6.03. The summed E-state index contributed by atoms with van der Waals surface area (Å²) in [6.45, 7) is 7.46. The third-order valence-corrected chi connectivity index (χ3v) is 3.14. The van der Waals surface area contributed by atoms with Crippen molar-refractivity contribution in [1.82, 2.24) is 4.90 Å². The summed E-state index contributed by atoms with van der Waals surface area (Å²) in [6.07, 6.45) is 1.16. The Labute approximate surface area is 115 Å². The standard InChI is InChI=1S/C14H22N2OS/c1-4-8-16(5-2)10-11-6-7-12(14(15)18)13(9-11)17-3/h6-7,9H,4-5,8,10H2,1-3H3,(H2,15,18). The molecule has 0 radical (unpaired) electrons. The third-order valence-electron chi connectivity index (χ3n) is 2.92. The maximum absolute atomic E-state index is 5.66. The summed E-state index contributed by atoms with van der Waals surface area (Å²) in [7, 11) is 1.64. The van der Waals surface area contributed by atoms with Gasteiger partial charge in [-0.1, -0.05) is 32.1 Å². The van der Waals surface area contributed by atoms with Crippen LogP contribution in [0.4, 0.5) is 0 Å². The van der Waals surface area contributed by atoms with E-state index in [2.05, 4.69) is 24.8 Å². The van der Waals surface area contributed by atoms with E-state index in [1.54, 1.807) is 7.11 Å². The van der Waals surface area contributed by atoms with E-state index in [0.717, 1.165) is 37.4 Å². The van der Waals surface area contributed by atoms with E-state index in [9.17, 15) is 0 Å². The maximum Gasteiger partial charge on any atom is 0.129 e. The fourth-order valence-corrected chi connectivity index (χ4v) is 2.13. The molecule has 0 heterocycles. The van der Waals surface area contributed by atoms with E-state index in [1.165, 1.54) is 5.56 Å². The Hall–Kier alpha value is -1.13. The van der Waals surface area contributed by atoms with Crippen LogP contribution >= 0.6 is 12.2 Å². The largest absolute Gasteiger partial charge is 0.496 e. The van der Waals surface area contributed by atoms with Crippen LogP contribution < -0.4 is 10.5 Å². The second-order valence-corrected chi connectivity index (χ2v) is 4.71. The average molecular weight is 266 g/mol. The molecule has 0 aliphatic carbocycles. The monoisotopic (exact) mass is 266 g/mol. The van der Waals surface area contributed by atoms with E-state index in [1.807, 2.05) is 12.1 Å². The highest BCUT2D eigenvalue weighted by atomic mass is 32.1. The number of benzene rings is 1. The molecular formula is C14H22N2OS. The molecule has 4 heteroatoms. The van der Waals surface area contributed by atoms with Crippen LogP contribution in [0, 0.1) is 0 Å². The highest BCUT2D eigenvalue weighted by molar-refractivity contribution is 7.80. The van der Waals surface area contributed by atoms with Crippen molar-refractivity contribution in [2.75, 3.05) is 20.2 Å². The van der Waals surface area contributed by atoms with Crippen molar-refractivity contribution in [3.8, 4) is 5.75 Å². The molecule has 0 atom stereocenters. The van der Waals surface area contributed by atoms with Crippen LogP contribution in [0.25, 0.3) is 0 Å². The van der Waals surface area contributed by atoms with Gasteiger partial charge < -0.3 is 10.5 Å². The fourth-order valence-electron chi connectivity index (χ4n) is 1.96. The first kappa shape index (κ1) is 14.9. The van der Waals surface area contributed by atoms with Gasteiger partial charge in [0, 0.05) is 6.54 Å². The van der Waals surface area contributed by atoms with Gasteiger partial charge in [0.1, 0.15) is 10.7 Å². The molecule has 2 N–H and O–H groups in total. The Kier molecular flexibility index (Phi) is 6.09. The highest BCUT2D eigenvalue weighted by Crippen LogP contribution is 2.21. The van der Waals surface area contributed by atoms with Crippen molar-refractivity contribution in [2.24, 2.45) is 5.73 Å². The summed E-state index contributed by atoms with van der Waals surface area (Å²) in [5, 5.41) is 0. The number of ether oxygens (including phenoxy) is 1. The molecule has 0 aliphatic rings. The van der Waals surface area contributed by atoms with E-state index < -0.39 is 0 Å². The highest BCUT2D eigenvalue weighted by Gasteiger charge is 2.08. The van der Waals surface area contributed by atoms with Gasteiger partial charge in [-0.05, 0) is 37.2 Å². The summed E-state index contributed by atoms with van der Waals surface area (Å²) in [5.74, 6) is 0.757. The molecule has 0 saturated heterocycles. The van der Waals surface area contributed by atoms with Gasteiger partial charge in [0.05, 0.1) is 12.7 Å². The zero-order valence-electron chi connectivity index (χ0n) is 11.4. The zero-order valence-corrected chi connectivity index (χ0v) is 12.2. The number of methoxy groups -OCH3 is 1. The molecule has 0 amide bonds. The molecule has 0 fully saturated rings. The first-order valence-corrected chi connectivity index (χ1v) is 6.72. The number of thiocarbonyl (C=S) groups is 1. The van der Waals surface area contributed by atoms with Crippen molar-refractivity contribution in [3.63, 3.8) is 0 Å². The number of hydrogen-bond donors (Lipinski definition) is 1. The minimum absolute atomic E-state index is 0.374. The second-order valence-electron chi connectivity index (χ2n) is 4.27. The van der Waals surface area contributed by atoms with Gasteiger partial charge in [0.2, 0.25) is 0 Å². The van der Waals surface area contributed by atoms with Crippen molar-refractivity contribution in [3.05, 3.63) is 29.3 Å². The van der Waals surface area contributed by atoms with Gasteiger partial charge in [0.15, 0.2) is 0 Å². The smallest absolute Gasteiger partial charge is 0.129 e. The van der Waals surface area contributed by atoms with Gasteiger partial charge in [-0.3, -0.25) is 4.90 Å². The molecular weight excluding hydrogens is 244 g/mol. The topological polar surface area (TPSA) is 38.5 Å². The third kappa shape index (κ3) is 3.96. The van der Waals surface area contributed by atoms with Crippen molar-refractivity contribution < 1.29 is 4.74 Å². The van der Waals surface area contributed by atoms with Gasteiger partial charge in [-0.25, -0.2) is 0 Å². The summed E-state index contributed by atoms with van der Waals surface area (Å²) in [4.78, 5) is 2.77. The van der Waals surface area contributed by atoms with Crippen LogP contribution in [0.15, 0.2) is 18.2 Å². The van der Waals surface area contributed by atoms with E-state index >= 15 is 0 Å². The van der Waals surface area contributed by atoms with Gasteiger partial charge in [-0.2, -0.15) is 0 Å². The lowest BCUT2D eigenvalue weighted by Crippen LogP contribution is -2.23. The Balaban J connectivity index is 2.88. The molecule has 0 aromatic heterocycles. The summed E-state index contributed by atoms with van der Waals surface area (Å²) < 4.78 is 5.34. The maximum atomic E-state index is 5.66. The normalized spacial score (nSPS) is 10.7. The molecule has 0 bridgehead atoms. The second kappa shape index (κ2) is 7.34. The molecule has 1 aromatic carbocycles. The van der Waals surface area contributed by atoms with E-state index in [0.29, 0.717) is 4.99 Å². The average Bonchev–Trinajstić information content (AvgIpc) is 2.37. The van der Waals surface area contributed by atoms with E-state index in [4.69, 9.17) is 22.7 Å². The number of rotatable bonds is 7. The molecule has 3 nitrogen and oxygen atoms in total. The lowest BCUT2D eigenvalue weighted by molar-refractivity contribution is 0.280. The van der Waals surface area contributed by atoms with Crippen LogP contribution in [0.5, 0.6) is 5.75 Å². The SMILES string of the molecule is CCCN(CC)Cc1ccc(C(N)=S)c(OC)c1. The van der Waals surface area contributed by atoms with Gasteiger partial charge in [-0.15, -0.1) is 0 Å². The predicted octanol–water partition coefficient (Wildman–Crippen LogP) is 2.56. The van der Waals surface area contributed by atoms with Crippen molar-refractivity contribution >= 4 is 17.2 Å². The zero-order chi connectivity index (χ0) is 13.5.